The summed E-state index contributed by atoms with van der Waals surface area (Å²) in [6.07, 6.45) is -1.20. The minimum Gasteiger partial charge on any atom is -0.416 e. The zero-order chi connectivity index (χ0) is 27.2. The molecular weight excluding hydrogens is 516 g/mol. The van der Waals surface area contributed by atoms with Gasteiger partial charge in [-0.05, 0) is 56.9 Å². The molecule has 2 aromatic heterocycles. The van der Waals surface area contributed by atoms with Gasteiger partial charge in [-0.3, -0.25) is 4.79 Å². The van der Waals surface area contributed by atoms with Crippen LogP contribution in [0.1, 0.15) is 52.3 Å². The van der Waals surface area contributed by atoms with Gasteiger partial charge in [-0.25, -0.2) is 23.3 Å². The van der Waals surface area contributed by atoms with E-state index in [1.54, 1.807) is 0 Å². The number of halogens is 4. The Hall–Kier alpha value is -3.68. The molecule has 9 nitrogen and oxygen atoms in total. The number of aryl methyl sites for hydroxylation is 1. The predicted octanol–water partition coefficient (Wildman–Crippen LogP) is 5.33. The molecule has 1 unspecified atom stereocenters. The molecule has 0 spiro atoms. The van der Waals surface area contributed by atoms with Crippen molar-refractivity contribution in [2.45, 2.75) is 49.9 Å². The zero-order valence-electron chi connectivity index (χ0n) is 19.9. The highest BCUT2D eigenvalue weighted by Crippen LogP contribution is 2.44. The maximum absolute atomic E-state index is 14.7. The highest BCUT2D eigenvalue weighted by molar-refractivity contribution is 7.91. The average Bonchev–Trinajstić information content (AvgIpc) is 2.77. The summed E-state index contributed by atoms with van der Waals surface area (Å²) >= 11 is 0. The molecule has 3 aromatic rings. The lowest BCUT2D eigenvalue weighted by atomic mass is 9.80. The van der Waals surface area contributed by atoms with Gasteiger partial charge in [0.1, 0.15) is 11.3 Å². The van der Waals surface area contributed by atoms with Crippen molar-refractivity contribution in [2.24, 2.45) is 0 Å². The summed E-state index contributed by atoms with van der Waals surface area (Å²) in [6, 6.07) is 5.57. The van der Waals surface area contributed by atoms with E-state index in [0.29, 0.717) is 19.3 Å². The van der Waals surface area contributed by atoms with Crippen molar-refractivity contribution in [3.63, 3.8) is 0 Å². The first-order valence-electron chi connectivity index (χ1n) is 11.0. The van der Waals surface area contributed by atoms with Gasteiger partial charge >= 0.3 is 6.18 Å². The summed E-state index contributed by atoms with van der Waals surface area (Å²) in [6.45, 7) is 2.52. The van der Waals surface area contributed by atoms with Crippen LogP contribution in [0.4, 0.5) is 23.2 Å². The van der Waals surface area contributed by atoms with E-state index < -0.39 is 50.2 Å². The van der Waals surface area contributed by atoms with Crippen molar-refractivity contribution in [1.29, 1.82) is 4.78 Å². The van der Waals surface area contributed by atoms with E-state index in [0.717, 1.165) is 6.92 Å². The number of nitrogens with zero attached hydrogens (tertiary/aromatic N) is 4. The molecule has 1 aliphatic carbocycles. The fourth-order valence-corrected chi connectivity index (χ4v) is 4.43. The molecule has 2 N–H and O–H groups in total. The number of aromatic nitrogens is 4. The van der Waals surface area contributed by atoms with Gasteiger partial charge in [0.25, 0.3) is 11.8 Å². The Balaban J connectivity index is 1.73. The summed E-state index contributed by atoms with van der Waals surface area (Å²) in [7, 11) is -3.11. The van der Waals surface area contributed by atoms with Crippen molar-refractivity contribution < 1.29 is 31.3 Å². The maximum Gasteiger partial charge on any atom is 0.435 e. The van der Waals surface area contributed by atoms with Gasteiger partial charge in [0.15, 0.2) is 11.4 Å². The third kappa shape index (κ3) is 5.38. The number of rotatable bonds is 6. The standard InChI is InChI=1S/C23H22F4N6O3S/c1-12-17(19(34)31-14-6-4-7-15(10-14)37(3,28)35)21(33-32-18(12)23(25,26)27)36-20-13(2)30-16(11-29-20)22(24)8-5-9-22/h4,6-7,10-11,28H,5,8-9H2,1-3H3,(H,31,34). The van der Waals surface area contributed by atoms with E-state index in [2.05, 4.69) is 25.5 Å². The molecule has 1 atom stereocenters. The van der Waals surface area contributed by atoms with Crippen LogP contribution in [0.25, 0.3) is 0 Å². The number of alkyl halides is 4. The number of hydrogen-bond acceptors (Lipinski definition) is 8. The van der Waals surface area contributed by atoms with Gasteiger partial charge in [-0.15, -0.1) is 10.2 Å². The van der Waals surface area contributed by atoms with Gasteiger partial charge < -0.3 is 10.1 Å². The number of amides is 1. The largest absolute Gasteiger partial charge is 0.435 e. The van der Waals surface area contributed by atoms with E-state index in [9.17, 15) is 26.6 Å². The molecule has 1 aromatic carbocycles. The second kappa shape index (κ2) is 9.32. The number of carbonyl (C=O) groups excluding carboxylic acids is 1. The number of ether oxygens (including phenoxy) is 1. The minimum atomic E-state index is -4.90. The molecule has 0 bridgehead atoms. The molecule has 0 saturated heterocycles. The van der Waals surface area contributed by atoms with E-state index >= 15 is 0 Å². The lowest BCUT2D eigenvalue weighted by molar-refractivity contribution is -0.142. The molecule has 4 rings (SSSR count). The van der Waals surface area contributed by atoms with Gasteiger partial charge in [-0.2, -0.15) is 13.2 Å². The van der Waals surface area contributed by atoms with Gasteiger partial charge in [0.05, 0.1) is 21.6 Å². The van der Waals surface area contributed by atoms with Crippen LogP contribution in [0.2, 0.25) is 0 Å². The zero-order valence-corrected chi connectivity index (χ0v) is 20.8. The van der Waals surface area contributed by atoms with Crippen LogP contribution in [-0.2, 0) is 21.6 Å². The number of carbonyl (C=O) groups is 1. The average molecular weight is 539 g/mol. The van der Waals surface area contributed by atoms with Gasteiger partial charge in [0.2, 0.25) is 5.88 Å². The molecule has 2 heterocycles. The van der Waals surface area contributed by atoms with E-state index in [1.807, 2.05) is 0 Å². The summed E-state index contributed by atoms with van der Waals surface area (Å²) in [4.78, 5) is 21.5. The van der Waals surface area contributed by atoms with Crippen LogP contribution in [0.5, 0.6) is 11.8 Å². The summed E-state index contributed by atoms with van der Waals surface area (Å²) in [5, 5.41) is 9.12. The third-order valence-corrected chi connectivity index (χ3v) is 7.08. The predicted molar refractivity (Wildman–Crippen MR) is 125 cm³/mol. The molecule has 1 saturated carbocycles. The Morgan fingerprint density at radius 2 is 1.89 bits per heavy atom. The molecule has 0 radical (unpaired) electrons. The lowest BCUT2D eigenvalue weighted by Gasteiger charge is -2.32. The van der Waals surface area contributed by atoms with Gasteiger partial charge in [-0.1, -0.05) is 6.07 Å². The molecule has 196 valence electrons. The first-order chi connectivity index (χ1) is 17.2. The number of nitrogens with one attached hydrogen (secondary N) is 2. The monoisotopic (exact) mass is 538 g/mol. The van der Waals surface area contributed by atoms with Crippen molar-refractivity contribution in [1.82, 2.24) is 20.2 Å². The van der Waals surface area contributed by atoms with Crippen LogP contribution >= 0.6 is 0 Å². The fourth-order valence-electron chi connectivity index (χ4n) is 3.74. The Labute approximate surface area is 209 Å². The Morgan fingerprint density at radius 3 is 2.46 bits per heavy atom. The second-order valence-corrected chi connectivity index (χ2v) is 10.9. The van der Waals surface area contributed by atoms with Crippen molar-refractivity contribution in [3.8, 4) is 11.8 Å². The van der Waals surface area contributed by atoms with Crippen LogP contribution < -0.4 is 10.1 Å². The molecule has 37 heavy (non-hydrogen) atoms. The number of anilines is 1. The molecule has 1 fully saturated rings. The van der Waals surface area contributed by atoms with Crippen LogP contribution in [-0.4, -0.2) is 36.5 Å². The fraction of sp³-hybridized carbons (Fsp3) is 0.348. The van der Waals surface area contributed by atoms with Gasteiger partial charge in [0, 0.05) is 16.8 Å². The first kappa shape index (κ1) is 26.4. The van der Waals surface area contributed by atoms with E-state index in [4.69, 9.17) is 9.52 Å². The van der Waals surface area contributed by atoms with E-state index in [-0.39, 0.29) is 27.9 Å². The Bertz CT molecular complexity index is 1490. The summed E-state index contributed by atoms with van der Waals surface area (Å²) < 4.78 is 80.7. The normalized spacial score (nSPS) is 16.4. The minimum absolute atomic E-state index is 0.0918. The quantitative estimate of drug-likeness (QED) is 0.406. The molecule has 1 amide bonds. The van der Waals surface area contributed by atoms with Crippen molar-refractivity contribution >= 4 is 21.3 Å². The number of hydrogen-bond donors (Lipinski definition) is 2. The van der Waals surface area contributed by atoms with Crippen LogP contribution in [0.3, 0.4) is 0 Å². The van der Waals surface area contributed by atoms with Crippen LogP contribution in [0.15, 0.2) is 35.4 Å². The number of benzene rings is 1. The van der Waals surface area contributed by atoms with Crippen LogP contribution in [0, 0.1) is 18.6 Å². The molecule has 14 heteroatoms. The highest BCUT2D eigenvalue weighted by atomic mass is 32.2. The molecule has 1 aliphatic rings. The molecule has 0 aliphatic heterocycles. The molecular formula is C23H22F4N6O3S. The first-order valence-corrected chi connectivity index (χ1v) is 13.0. The van der Waals surface area contributed by atoms with Crippen molar-refractivity contribution in [2.75, 3.05) is 11.6 Å². The summed E-state index contributed by atoms with van der Waals surface area (Å²) in [5.41, 5.74) is -3.72. The van der Waals surface area contributed by atoms with E-state index in [1.165, 1.54) is 43.6 Å². The highest BCUT2D eigenvalue weighted by Gasteiger charge is 2.41. The van der Waals surface area contributed by atoms with Crippen molar-refractivity contribution in [3.05, 3.63) is 58.7 Å². The Morgan fingerprint density at radius 1 is 1.19 bits per heavy atom. The Kier molecular flexibility index (Phi) is 6.65. The SMILES string of the molecule is Cc1nc(C2(F)CCC2)cnc1Oc1nnc(C(F)(F)F)c(C)c1C(=O)Nc1cccc(S(C)(=N)=O)c1. The third-order valence-electron chi connectivity index (χ3n) is 5.92. The summed E-state index contributed by atoms with van der Waals surface area (Å²) in [5.74, 6) is -1.77. The topological polar surface area (TPSA) is 131 Å². The maximum atomic E-state index is 14.7. The second-order valence-electron chi connectivity index (χ2n) is 8.74. The smallest absolute Gasteiger partial charge is 0.416 e. The lowest BCUT2D eigenvalue weighted by Crippen LogP contribution is -2.30.